The summed E-state index contributed by atoms with van der Waals surface area (Å²) >= 11 is 5.91. The highest BCUT2D eigenvalue weighted by Gasteiger charge is 2.23. The van der Waals surface area contributed by atoms with E-state index in [2.05, 4.69) is 14.9 Å². The molecule has 0 radical (unpaired) electrons. The van der Waals surface area contributed by atoms with Gasteiger partial charge in [-0.1, -0.05) is 17.7 Å². The van der Waals surface area contributed by atoms with Crippen LogP contribution in [-0.2, 0) is 11.3 Å². The Hall–Kier alpha value is -1.85. The van der Waals surface area contributed by atoms with Gasteiger partial charge in [-0.25, -0.2) is 4.98 Å². The molecule has 3 heterocycles. The Morgan fingerprint density at radius 3 is 3.05 bits per heavy atom. The summed E-state index contributed by atoms with van der Waals surface area (Å²) in [6.07, 6.45) is 5.66. The van der Waals surface area contributed by atoms with E-state index in [4.69, 9.17) is 22.1 Å². The van der Waals surface area contributed by atoms with Crippen molar-refractivity contribution in [1.82, 2.24) is 9.97 Å². The topological polar surface area (TPSA) is 64.3 Å². The zero-order chi connectivity index (χ0) is 15.4. The van der Waals surface area contributed by atoms with Crippen LogP contribution in [0.1, 0.15) is 18.5 Å². The Kier molecular flexibility index (Phi) is 4.75. The number of hydrogen-bond acceptors (Lipinski definition) is 5. The molecule has 1 atom stereocenters. The van der Waals surface area contributed by atoms with Gasteiger partial charge in [-0.3, -0.25) is 4.98 Å². The van der Waals surface area contributed by atoms with Crippen molar-refractivity contribution in [3.63, 3.8) is 0 Å². The Balaban J connectivity index is 1.61. The van der Waals surface area contributed by atoms with Crippen LogP contribution in [0.4, 0.5) is 11.5 Å². The molecule has 22 heavy (non-hydrogen) atoms. The third kappa shape index (κ3) is 3.67. The van der Waals surface area contributed by atoms with Gasteiger partial charge in [0.2, 0.25) is 0 Å². The van der Waals surface area contributed by atoms with Crippen molar-refractivity contribution < 1.29 is 4.74 Å². The molecule has 0 bridgehead atoms. The molecule has 0 aliphatic carbocycles. The third-order valence-electron chi connectivity index (χ3n) is 3.73. The van der Waals surface area contributed by atoms with E-state index in [1.165, 1.54) is 0 Å². The monoisotopic (exact) mass is 318 g/mol. The highest BCUT2D eigenvalue weighted by molar-refractivity contribution is 6.30. The van der Waals surface area contributed by atoms with Crippen molar-refractivity contribution in [3.05, 3.63) is 47.4 Å². The Morgan fingerprint density at radius 1 is 1.36 bits per heavy atom. The van der Waals surface area contributed by atoms with E-state index in [0.717, 1.165) is 37.4 Å². The molecule has 2 aromatic rings. The molecule has 3 rings (SSSR count). The molecule has 1 unspecified atom stereocenters. The molecule has 0 amide bonds. The van der Waals surface area contributed by atoms with Crippen LogP contribution in [-0.4, -0.2) is 29.2 Å². The number of piperidine rings is 1. The summed E-state index contributed by atoms with van der Waals surface area (Å²) in [5.41, 5.74) is 7.58. The zero-order valence-electron chi connectivity index (χ0n) is 12.3. The van der Waals surface area contributed by atoms with Crippen molar-refractivity contribution in [1.29, 1.82) is 0 Å². The van der Waals surface area contributed by atoms with Gasteiger partial charge in [0.1, 0.15) is 0 Å². The number of ether oxygens (including phenoxy) is 1. The molecule has 1 saturated heterocycles. The normalized spacial score (nSPS) is 18.4. The smallest absolute Gasteiger partial charge is 0.151 e. The maximum Gasteiger partial charge on any atom is 0.151 e. The third-order valence-corrected chi connectivity index (χ3v) is 3.94. The fourth-order valence-corrected chi connectivity index (χ4v) is 2.83. The predicted molar refractivity (Wildman–Crippen MR) is 87.9 cm³/mol. The molecular formula is C16H19ClN4O. The van der Waals surface area contributed by atoms with Crippen molar-refractivity contribution in [2.45, 2.75) is 25.6 Å². The zero-order valence-corrected chi connectivity index (χ0v) is 13.0. The van der Waals surface area contributed by atoms with Crippen molar-refractivity contribution in [2.24, 2.45) is 0 Å². The number of nitrogens with zero attached hydrogens (tertiary/aromatic N) is 3. The van der Waals surface area contributed by atoms with E-state index in [1.54, 1.807) is 18.5 Å². The summed E-state index contributed by atoms with van der Waals surface area (Å²) in [6, 6.07) is 7.58. The lowest BCUT2D eigenvalue weighted by molar-refractivity contribution is 0.0297. The highest BCUT2D eigenvalue weighted by atomic mass is 35.5. The number of halogens is 1. The van der Waals surface area contributed by atoms with Gasteiger partial charge in [-0.2, -0.15) is 0 Å². The second-order valence-electron chi connectivity index (χ2n) is 5.41. The van der Waals surface area contributed by atoms with Crippen LogP contribution in [0, 0.1) is 0 Å². The molecule has 5 nitrogen and oxygen atoms in total. The maximum absolute atomic E-state index is 6.02. The standard InChI is InChI=1S/C16H19ClN4O/c17-12-8-15(18)16(20-9-12)21-7-3-5-14(10-21)22-11-13-4-1-2-6-19-13/h1-2,4,6,8-9,14H,3,5,7,10-11,18H2. The summed E-state index contributed by atoms with van der Waals surface area (Å²) in [5, 5.41) is 0.557. The molecule has 1 aliphatic rings. The summed E-state index contributed by atoms with van der Waals surface area (Å²) < 4.78 is 5.99. The van der Waals surface area contributed by atoms with Gasteiger partial charge < -0.3 is 15.4 Å². The minimum Gasteiger partial charge on any atom is -0.396 e. The van der Waals surface area contributed by atoms with E-state index in [0.29, 0.717) is 17.3 Å². The molecule has 2 aromatic heterocycles. The first-order valence-electron chi connectivity index (χ1n) is 7.40. The first kappa shape index (κ1) is 15.1. The lowest BCUT2D eigenvalue weighted by atomic mass is 10.1. The van der Waals surface area contributed by atoms with Crippen LogP contribution in [0.5, 0.6) is 0 Å². The first-order chi connectivity index (χ1) is 10.7. The van der Waals surface area contributed by atoms with Crippen LogP contribution >= 0.6 is 11.6 Å². The van der Waals surface area contributed by atoms with Gasteiger partial charge in [0, 0.05) is 25.5 Å². The van der Waals surface area contributed by atoms with E-state index in [-0.39, 0.29) is 6.10 Å². The average Bonchev–Trinajstić information content (AvgIpc) is 2.54. The van der Waals surface area contributed by atoms with Crippen LogP contribution < -0.4 is 10.6 Å². The largest absolute Gasteiger partial charge is 0.396 e. The maximum atomic E-state index is 6.02. The molecule has 0 saturated carbocycles. The van der Waals surface area contributed by atoms with E-state index < -0.39 is 0 Å². The SMILES string of the molecule is Nc1cc(Cl)cnc1N1CCCC(OCc2ccccn2)C1. The second-order valence-corrected chi connectivity index (χ2v) is 5.85. The van der Waals surface area contributed by atoms with Gasteiger partial charge >= 0.3 is 0 Å². The van der Waals surface area contributed by atoms with Crippen LogP contribution in [0.15, 0.2) is 36.7 Å². The van der Waals surface area contributed by atoms with Crippen LogP contribution in [0.2, 0.25) is 5.02 Å². The molecule has 2 N–H and O–H groups in total. The lowest BCUT2D eigenvalue weighted by Crippen LogP contribution is -2.40. The summed E-state index contributed by atoms with van der Waals surface area (Å²) in [6.45, 7) is 2.25. The Labute approximate surface area is 135 Å². The molecule has 0 aromatic carbocycles. The minimum absolute atomic E-state index is 0.160. The fraction of sp³-hybridized carbons (Fsp3) is 0.375. The van der Waals surface area contributed by atoms with Crippen molar-refractivity contribution in [2.75, 3.05) is 23.7 Å². The molecule has 1 aliphatic heterocycles. The van der Waals surface area contributed by atoms with Crippen LogP contribution in [0.25, 0.3) is 0 Å². The quantitative estimate of drug-likeness (QED) is 0.939. The minimum atomic E-state index is 0.160. The number of rotatable bonds is 4. The number of pyridine rings is 2. The second kappa shape index (κ2) is 6.94. The Morgan fingerprint density at radius 2 is 2.27 bits per heavy atom. The summed E-state index contributed by atoms with van der Waals surface area (Å²) in [4.78, 5) is 10.8. The van der Waals surface area contributed by atoms with Gasteiger partial charge in [0.25, 0.3) is 0 Å². The van der Waals surface area contributed by atoms with Crippen LogP contribution in [0.3, 0.4) is 0 Å². The van der Waals surface area contributed by atoms with Crippen molar-refractivity contribution >= 4 is 23.1 Å². The summed E-state index contributed by atoms with van der Waals surface area (Å²) in [7, 11) is 0. The highest BCUT2D eigenvalue weighted by Crippen LogP contribution is 2.27. The number of nitrogens with two attached hydrogens (primary N) is 1. The molecule has 1 fully saturated rings. The Bertz CT molecular complexity index is 623. The summed E-state index contributed by atoms with van der Waals surface area (Å²) in [5.74, 6) is 0.788. The van der Waals surface area contributed by atoms with E-state index in [1.807, 2.05) is 18.2 Å². The lowest BCUT2D eigenvalue weighted by Gasteiger charge is -2.34. The molecular weight excluding hydrogens is 300 g/mol. The van der Waals surface area contributed by atoms with Gasteiger partial charge in [-0.15, -0.1) is 0 Å². The number of aromatic nitrogens is 2. The molecule has 0 spiro atoms. The average molecular weight is 319 g/mol. The molecule has 116 valence electrons. The number of anilines is 2. The van der Waals surface area contributed by atoms with Gasteiger partial charge in [0.15, 0.2) is 5.82 Å². The number of hydrogen-bond donors (Lipinski definition) is 1. The molecule has 6 heteroatoms. The first-order valence-corrected chi connectivity index (χ1v) is 7.77. The van der Waals surface area contributed by atoms with Crippen molar-refractivity contribution in [3.8, 4) is 0 Å². The van der Waals surface area contributed by atoms with E-state index >= 15 is 0 Å². The predicted octanol–water partition coefficient (Wildman–Crippen LogP) is 2.90. The fourth-order valence-electron chi connectivity index (χ4n) is 2.67. The van der Waals surface area contributed by atoms with Gasteiger partial charge in [0.05, 0.1) is 29.1 Å². The number of nitrogen functional groups attached to an aromatic ring is 1. The van der Waals surface area contributed by atoms with Gasteiger partial charge in [-0.05, 0) is 31.0 Å². The van der Waals surface area contributed by atoms with E-state index in [9.17, 15) is 0 Å².